The van der Waals surface area contributed by atoms with Gasteiger partial charge in [-0.15, -0.1) is 4.41 Å². The lowest BCUT2D eigenvalue weighted by molar-refractivity contribution is -0.118. The zero-order valence-corrected chi connectivity index (χ0v) is 9.24. The number of Topliss-reactive ketones (excluding diaryl/α,β-unsaturated/α-hetero) is 1. The molecule has 0 aromatic carbocycles. The molecular formula is C7H11FN2O5S. The highest BCUT2D eigenvalue weighted by atomic mass is 32.2. The fraction of sp³-hybridized carbons (Fsp3) is 0.714. The normalized spacial score (nSPS) is 25.6. The van der Waals surface area contributed by atoms with Crippen molar-refractivity contribution in [1.82, 2.24) is 4.41 Å². The van der Waals surface area contributed by atoms with Gasteiger partial charge in [0.25, 0.3) is 10.0 Å². The van der Waals surface area contributed by atoms with Gasteiger partial charge in [0, 0.05) is 12.8 Å². The van der Waals surface area contributed by atoms with Gasteiger partial charge in [0.2, 0.25) is 0 Å². The lowest BCUT2D eigenvalue weighted by Gasteiger charge is -2.18. The van der Waals surface area contributed by atoms with Crippen molar-refractivity contribution in [3.05, 3.63) is 0 Å². The summed E-state index contributed by atoms with van der Waals surface area (Å²) in [4.78, 5) is 21.9. The molecule has 0 bridgehead atoms. The maximum Gasteiger partial charge on any atom is 0.438 e. The summed E-state index contributed by atoms with van der Waals surface area (Å²) in [6, 6.07) is 0. The maximum absolute atomic E-state index is 13.1. The van der Waals surface area contributed by atoms with Crippen molar-refractivity contribution in [2.75, 3.05) is 6.26 Å². The van der Waals surface area contributed by atoms with E-state index in [1.54, 1.807) is 0 Å². The Morgan fingerprint density at radius 2 is 2.12 bits per heavy atom. The Labute approximate surface area is 91.4 Å². The van der Waals surface area contributed by atoms with E-state index in [1.165, 1.54) is 0 Å². The van der Waals surface area contributed by atoms with Gasteiger partial charge in [-0.25, -0.2) is 23.4 Å². The van der Waals surface area contributed by atoms with Crippen LogP contribution in [-0.2, 0) is 19.6 Å². The minimum Gasteiger partial charge on any atom is -0.441 e. The molecule has 0 aromatic heterocycles. The van der Waals surface area contributed by atoms with Gasteiger partial charge in [-0.2, -0.15) is 0 Å². The van der Waals surface area contributed by atoms with E-state index in [4.69, 9.17) is 5.84 Å². The Kier molecular flexibility index (Phi) is 3.48. The SMILES string of the molecule is CS(=O)(=O)N(N)C(=O)OC1CC(=O)CC1F. The van der Waals surface area contributed by atoms with E-state index in [-0.39, 0.29) is 23.0 Å². The summed E-state index contributed by atoms with van der Waals surface area (Å²) in [6.07, 6.45) is -4.16. The molecule has 2 unspecified atom stereocenters. The number of nitrogens with zero attached hydrogens (tertiary/aromatic N) is 1. The molecule has 1 amide bonds. The first kappa shape index (κ1) is 12.8. The number of carbonyl (C=O) groups excluding carboxylic acids is 2. The van der Waals surface area contributed by atoms with Crippen LogP contribution >= 0.6 is 0 Å². The van der Waals surface area contributed by atoms with Crippen LogP contribution in [0, 0.1) is 0 Å². The van der Waals surface area contributed by atoms with Crippen LogP contribution in [0.1, 0.15) is 12.8 Å². The molecule has 7 nitrogen and oxygen atoms in total. The molecule has 1 saturated carbocycles. The minimum atomic E-state index is -3.95. The number of rotatable bonds is 2. The monoisotopic (exact) mass is 254 g/mol. The van der Waals surface area contributed by atoms with Crippen molar-refractivity contribution in [2.45, 2.75) is 25.1 Å². The van der Waals surface area contributed by atoms with Crippen molar-refractivity contribution >= 4 is 21.9 Å². The molecule has 0 heterocycles. The van der Waals surface area contributed by atoms with Crippen LogP contribution in [0.15, 0.2) is 0 Å². The van der Waals surface area contributed by atoms with Crippen molar-refractivity contribution in [2.24, 2.45) is 5.84 Å². The van der Waals surface area contributed by atoms with Crippen LogP contribution in [0.4, 0.5) is 9.18 Å². The molecule has 9 heteroatoms. The predicted octanol–water partition coefficient (Wildman–Crippen LogP) is -0.672. The highest BCUT2D eigenvalue weighted by Crippen LogP contribution is 2.22. The lowest BCUT2D eigenvalue weighted by Crippen LogP contribution is -2.44. The first-order chi connectivity index (χ1) is 7.21. The molecule has 0 saturated heterocycles. The van der Waals surface area contributed by atoms with E-state index in [1.807, 2.05) is 0 Å². The average molecular weight is 254 g/mol. The highest BCUT2D eigenvalue weighted by molar-refractivity contribution is 7.88. The van der Waals surface area contributed by atoms with Crippen LogP contribution in [0.3, 0.4) is 0 Å². The molecule has 1 aliphatic carbocycles. The zero-order valence-electron chi connectivity index (χ0n) is 8.42. The highest BCUT2D eigenvalue weighted by Gasteiger charge is 2.37. The number of nitrogens with two attached hydrogens (primary N) is 1. The number of carbonyl (C=O) groups is 2. The number of hydrazine groups is 1. The fourth-order valence-electron chi connectivity index (χ4n) is 1.22. The second-order valence-electron chi connectivity index (χ2n) is 3.44. The molecule has 0 radical (unpaired) electrons. The van der Waals surface area contributed by atoms with Gasteiger partial charge in [0.05, 0.1) is 6.26 Å². The molecule has 2 N–H and O–H groups in total. The number of ether oxygens (including phenoxy) is 1. The second-order valence-corrected chi connectivity index (χ2v) is 5.30. The number of sulfonamides is 1. The fourth-order valence-corrected chi connectivity index (χ4v) is 1.53. The van der Waals surface area contributed by atoms with Crippen molar-refractivity contribution in [3.8, 4) is 0 Å². The first-order valence-electron chi connectivity index (χ1n) is 4.33. The zero-order chi connectivity index (χ0) is 12.5. The van der Waals surface area contributed by atoms with Gasteiger partial charge in [-0.3, -0.25) is 4.79 Å². The Bertz CT molecular complexity index is 409. The number of hydrogen-bond acceptors (Lipinski definition) is 6. The van der Waals surface area contributed by atoms with E-state index >= 15 is 0 Å². The van der Waals surface area contributed by atoms with Gasteiger partial charge < -0.3 is 4.74 Å². The largest absolute Gasteiger partial charge is 0.441 e. The third-order valence-electron chi connectivity index (χ3n) is 2.04. The van der Waals surface area contributed by atoms with Gasteiger partial charge in [-0.05, 0) is 0 Å². The maximum atomic E-state index is 13.1. The summed E-state index contributed by atoms with van der Waals surface area (Å²) in [5.74, 6) is 4.53. The molecule has 0 spiro atoms. The van der Waals surface area contributed by atoms with E-state index in [0.717, 1.165) is 0 Å². The van der Waals surface area contributed by atoms with Gasteiger partial charge in [0.15, 0.2) is 0 Å². The van der Waals surface area contributed by atoms with Crippen LogP contribution in [-0.4, -0.2) is 43.2 Å². The summed E-state index contributed by atoms with van der Waals surface area (Å²) in [6.45, 7) is 0. The van der Waals surface area contributed by atoms with E-state index in [9.17, 15) is 22.4 Å². The molecule has 92 valence electrons. The third kappa shape index (κ3) is 2.89. The molecule has 1 fully saturated rings. The second kappa shape index (κ2) is 4.34. The first-order valence-corrected chi connectivity index (χ1v) is 6.18. The van der Waals surface area contributed by atoms with Crippen LogP contribution in [0.2, 0.25) is 0 Å². The molecule has 0 aliphatic heterocycles. The Morgan fingerprint density at radius 1 is 1.56 bits per heavy atom. The van der Waals surface area contributed by atoms with E-state index in [0.29, 0.717) is 6.26 Å². The molecule has 1 rings (SSSR count). The Morgan fingerprint density at radius 3 is 2.50 bits per heavy atom. The third-order valence-corrected chi connectivity index (χ3v) is 2.91. The summed E-state index contributed by atoms with van der Waals surface area (Å²) in [5.41, 5.74) is 0. The van der Waals surface area contributed by atoms with Crippen LogP contribution in [0.5, 0.6) is 0 Å². The standard InChI is InChI=1S/C7H11FN2O5S/c1-16(13,14)10(9)7(12)15-6-3-4(11)2-5(6)8/h5-6H,2-3,9H2,1H3. The number of alkyl halides is 1. The van der Waals surface area contributed by atoms with Gasteiger partial charge in [-0.1, -0.05) is 0 Å². The number of hydrogen-bond donors (Lipinski definition) is 1. The molecule has 16 heavy (non-hydrogen) atoms. The van der Waals surface area contributed by atoms with E-state index in [2.05, 4.69) is 4.74 Å². The summed E-state index contributed by atoms with van der Waals surface area (Å²) < 4.78 is 39.0. The number of halogens is 1. The van der Waals surface area contributed by atoms with Crippen molar-refractivity contribution < 1.29 is 27.1 Å². The van der Waals surface area contributed by atoms with Gasteiger partial charge in [0.1, 0.15) is 18.1 Å². The smallest absolute Gasteiger partial charge is 0.438 e. The molecule has 1 aliphatic rings. The van der Waals surface area contributed by atoms with E-state index < -0.39 is 28.4 Å². The van der Waals surface area contributed by atoms with Crippen LogP contribution < -0.4 is 5.84 Å². The molecule has 2 atom stereocenters. The summed E-state index contributed by atoms with van der Waals surface area (Å²) >= 11 is 0. The Hall–Kier alpha value is -1.22. The predicted molar refractivity (Wildman–Crippen MR) is 50.3 cm³/mol. The van der Waals surface area contributed by atoms with Crippen LogP contribution in [0.25, 0.3) is 0 Å². The van der Waals surface area contributed by atoms with Crippen molar-refractivity contribution in [1.29, 1.82) is 0 Å². The topological polar surface area (TPSA) is 107 Å². The summed E-state index contributed by atoms with van der Waals surface area (Å²) in [7, 11) is -3.95. The summed E-state index contributed by atoms with van der Waals surface area (Å²) in [5, 5.41) is 0. The quantitative estimate of drug-likeness (QED) is 0.398. The minimum absolute atomic E-state index is 0.136. The molecular weight excluding hydrogens is 243 g/mol. The Balaban J connectivity index is 2.62. The molecule has 0 aromatic rings. The average Bonchev–Trinajstić information content (AvgIpc) is 2.42. The van der Waals surface area contributed by atoms with Gasteiger partial charge >= 0.3 is 6.09 Å². The number of amides is 1. The van der Waals surface area contributed by atoms with Crippen molar-refractivity contribution in [3.63, 3.8) is 0 Å². The number of ketones is 1. The lowest BCUT2D eigenvalue weighted by atomic mass is 10.3.